The topological polar surface area (TPSA) is 168 Å². The zero-order valence-corrected chi connectivity index (χ0v) is 21.4. The van der Waals surface area contributed by atoms with Crippen molar-refractivity contribution in [2.45, 2.75) is 12.8 Å². The van der Waals surface area contributed by atoms with E-state index < -0.39 is 5.97 Å². The lowest BCUT2D eigenvalue weighted by molar-refractivity contribution is 0.0690. The van der Waals surface area contributed by atoms with Gasteiger partial charge in [-0.1, -0.05) is 0 Å². The second-order valence-corrected chi connectivity index (χ2v) is 9.32. The fourth-order valence-corrected chi connectivity index (χ4v) is 4.98. The highest BCUT2D eigenvalue weighted by atomic mass is 35.5. The Hall–Kier alpha value is -4.04. The number of piperidine rings is 1. The molecule has 3 N–H and O–H groups in total. The van der Waals surface area contributed by atoms with E-state index in [1.54, 1.807) is 24.6 Å². The Bertz CT molecular complexity index is 1410. The molecule has 200 valence electrons. The van der Waals surface area contributed by atoms with Crippen LogP contribution in [0.1, 0.15) is 23.3 Å². The van der Waals surface area contributed by atoms with E-state index in [4.69, 9.17) is 10.2 Å². The lowest BCUT2D eigenvalue weighted by atomic mass is 9.97. The summed E-state index contributed by atoms with van der Waals surface area (Å²) in [6.45, 7) is 5.96. The number of aromatic carboxylic acids is 1. The van der Waals surface area contributed by atoms with Crippen molar-refractivity contribution < 1.29 is 14.3 Å². The molecule has 0 spiro atoms. The standard InChI is InChI=1S/C23H27N11O3.ClH/c24-21-28-22(29-23-27-19(30-34(21)23)17-4-2-10-37-17)33-5-1-3-15(14-33)13-31-6-8-32(9-7-31)18-12-25-11-16(26-18)20(35)36;/h2,4,10-12,15H,1,3,5-9,13-14H2,(H,35,36)(H2,24,27,28,29,30);1H. The molecule has 15 heteroatoms. The third kappa shape index (κ3) is 5.17. The molecule has 1 unspecified atom stereocenters. The maximum atomic E-state index is 11.2. The quantitative estimate of drug-likeness (QED) is 0.358. The van der Waals surface area contributed by atoms with E-state index >= 15 is 0 Å². The Morgan fingerprint density at radius 1 is 1.08 bits per heavy atom. The summed E-state index contributed by atoms with van der Waals surface area (Å²) in [5, 5.41) is 13.6. The number of carboxylic acid groups (broad SMARTS) is 1. The van der Waals surface area contributed by atoms with Gasteiger partial charge in [0.15, 0.2) is 11.5 Å². The number of fused-ring (bicyclic) bond motifs is 1. The van der Waals surface area contributed by atoms with Gasteiger partial charge in [-0.25, -0.2) is 9.78 Å². The average molecular weight is 542 g/mol. The molecule has 0 radical (unpaired) electrons. The number of nitrogen functional groups attached to an aromatic ring is 1. The molecule has 4 aromatic rings. The van der Waals surface area contributed by atoms with Gasteiger partial charge in [-0.05, 0) is 30.9 Å². The van der Waals surface area contributed by atoms with Crippen molar-refractivity contribution >= 4 is 41.9 Å². The van der Waals surface area contributed by atoms with Crippen molar-refractivity contribution in [2.24, 2.45) is 5.92 Å². The van der Waals surface area contributed by atoms with Crippen LogP contribution in [0.25, 0.3) is 17.4 Å². The van der Waals surface area contributed by atoms with Gasteiger partial charge in [-0.2, -0.15) is 19.5 Å². The number of rotatable bonds is 6. The van der Waals surface area contributed by atoms with Crippen molar-refractivity contribution in [3.8, 4) is 11.6 Å². The minimum absolute atomic E-state index is 0. The summed E-state index contributed by atoms with van der Waals surface area (Å²) in [5.74, 6) is 2.16. The Morgan fingerprint density at radius 3 is 2.68 bits per heavy atom. The van der Waals surface area contributed by atoms with Crippen molar-refractivity contribution in [1.82, 2.24) is 39.4 Å². The van der Waals surface area contributed by atoms with Gasteiger partial charge in [0.2, 0.25) is 17.7 Å². The monoisotopic (exact) mass is 541 g/mol. The van der Waals surface area contributed by atoms with E-state index in [0.717, 1.165) is 58.7 Å². The van der Waals surface area contributed by atoms with Gasteiger partial charge in [0.25, 0.3) is 5.78 Å². The zero-order valence-electron chi connectivity index (χ0n) is 20.5. The highest BCUT2D eigenvalue weighted by molar-refractivity contribution is 5.85. The molecule has 2 fully saturated rings. The SMILES string of the molecule is Cl.Nc1nc(N2CCCC(CN3CCN(c4cncc(C(=O)O)n4)CC3)C2)nc2nc(-c3ccco3)nn12. The molecule has 38 heavy (non-hydrogen) atoms. The van der Waals surface area contributed by atoms with E-state index in [1.165, 1.54) is 10.7 Å². The summed E-state index contributed by atoms with van der Waals surface area (Å²) in [6, 6.07) is 3.56. The van der Waals surface area contributed by atoms with Crippen LogP contribution in [0.5, 0.6) is 0 Å². The maximum absolute atomic E-state index is 11.2. The molecule has 0 amide bonds. The van der Waals surface area contributed by atoms with E-state index in [0.29, 0.717) is 35.0 Å². The minimum Gasteiger partial charge on any atom is -0.476 e. The normalized spacial score (nSPS) is 18.5. The van der Waals surface area contributed by atoms with Crippen molar-refractivity contribution in [1.29, 1.82) is 0 Å². The summed E-state index contributed by atoms with van der Waals surface area (Å²) in [7, 11) is 0. The van der Waals surface area contributed by atoms with Crippen LogP contribution in [-0.4, -0.2) is 96.3 Å². The number of nitrogens with zero attached hydrogens (tertiary/aromatic N) is 10. The molecule has 14 nitrogen and oxygen atoms in total. The highest BCUT2D eigenvalue weighted by Crippen LogP contribution is 2.24. The largest absolute Gasteiger partial charge is 0.476 e. The fraction of sp³-hybridized carbons (Fsp3) is 0.435. The summed E-state index contributed by atoms with van der Waals surface area (Å²) in [6.07, 6.45) is 6.64. The summed E-state index contributed by atoms with van der Waals surface area (Å²) in [4.78, 5) is 39.8. The molecule has 6 rings (SSSR count). The molecule has 0 aliphatic carbocycles. The van der Waals surface area contributed by atoms with Crippen LogP contribution in [0.4, 0.5) is 17.7 Å². The van der Waals surface area contributed by atoms with Gasteiger partial charge >= 0.3 is 5.97 Å². The van der Waals surface area contributed by atoms with Crippen LogP contribution in [0.2, 0.25) is 0 Å². The number of hydrogen-bond acceptors (Lipinski definition) is 12. The van der Waals surface area contributed by atoms with Gasteiger partial charge in [0, 0.05) is 45.8 Å². The fourth-order valence-electron chi connectivity index (χ4n) is 4.98. The van der Waals surface area contributed by atoms with E-state index in [2.05, 4.69) is 44.7 Å². The van der Waals surface area contributed by atoms with Crippen LogP contribution in [-0.2, 0) is 0 Å². The Morgan fingerprint density at radius 2 is 1.92 bits per heavy atom. The van der Waals surface area contributed by atoms with Gasteiger partial charge in [-0.15, -0.1) is 17.5 Å². The van der Waals surface area contributed by atoms with Crippen LogP contribution in [0, 0.1) is 5.92 Å². The molecule has 6 heterocycles. The van der Waals surface area contributed by atoms with Crippen LogP contribution in [0.15, 0.2) is 35.2 Å². The van der Waals surface area contributed by atoms with E-state index in [9.17, 15) is 9.90 Å². The van der Waals surface area contributed by atoms with Crippen LogP contribution < -0.4 is 15.5 Å². The van der Waals surface area contributed by atoms with Gasteiger partial charge in [-0.3, -0.25) is 9.88 Å². The summed E-state index contributed by atoms with van der Waals surface area (Å²) in [5.41, 5.74) is 6.16. The molecule has 2 aliphatic heterocycles. The third-order valence-electron chi connectivity index (χ3n) is 6.82. The first kappa shape index (κ1) is 25.6. The number of piperazine rings is 1. The molecular formula is C23H28ClN11O3. The number of anilines is 3. The maximum Gasteiger partial charge on any atom is 0.356 e. The summed E-state index contributed by atoms with van der Waals surface area (Å²) < 4.78 is 6.82. The Balaban J connectivity index is 0.00000294. The number of nitrogens with two attached hydrogens (primary N) is 1. The number of carboxylic acids is 1. The van der Waals surface area contributed by atoms with E-state index in [-0.39, 0.29) is 24.0 Å². The molecular weight excluding hydrogens is 514 g/mol. The van der Waals surface area contributed by atoms with Crippen LogP contribution >= 0.6 is 12.4 Å². The molecule has 2 saturated heterocycles. The lowest BCUT2D eigenvalue weighted by Gasteiger charge is -2.39. The molecule has 1 atom stereocenters. The Kier molecular flexibility index (Phi) is 7.24. The predicted octanol–water partition coefficient (Wildman–Crippen LogP) is 1.31. The van der Waals surface area contributed by atoms with E-state index in [1.807, 2.05) is 0 Å². The predicted molar refractivity (Wildman–Crippen MR) is 141 cm³/mol. The van der Waals surface area contributed by atoms with Gasteiger partial charge in [0.1, 0.15) is 5.82 Å². The van der Waals surface area contributed by atoms with Gasteiger partial charge in [0.05, 0.1) is 18.7 Å². The number of hydrogen-bond donors (Lipinski definition) is 2. The first-order chi connectivity index (χ1) is 18.0. The third-order valence-corrected chi connectivity index (χ3v) is 6.82. The molecule has 0 aromatic carbocycles. The first-order valence-electron chi connectivity index (χ1n) is 12.3. The van der Waals surface area contributed by atoms with Gasteiger partial charge < -0.3 is 25.1 Å². The minimum atomic E-state index is -1.07. The smallest absolute Gasteiger partial charge is 0.356 e. The van der Waals surface area contributed by atoms with Crippen molar-refractivity contribution in [3.63, 3.8) is 0 Å². The summed E-state index contributed by atoms with van der Waals surface area (Å²) >= 11 is 0. The highest BCUT2D eigenvalue weighted by Gasteiger charge is 2.27. The first-order valence-corrected chi connectivity index (χ1v) is 12.3. The lowest BCUT2D eigenvalue weighted by Crippen LogP contribution is -2.50. The number of carbonyl (C=O) groups is 1. The number of halogens is 1. The zero-order chi connectivity index (χ0) is 25.4. The van der Waals surface area contributed by atoms with Crippen LogP contribution in [0.3, 0.4) is 0 Å². The Labute approximate surface area is 223 Å². The molecule has 4 aromatic heterocycles. The van der Waals surface area contributed by atoms with Crippen molar-refractivity contribution in [2.75, 3.05) is 61.3 Å². The number of furan rings is 1. The second-order valence-electron chi connectivity index (χ2n) is 9.32. The molecule has 0 bridgehead atoms. The molecule has 0 saturated carbocycles. The van der Waals surface area contributed by atoms with Crippen molar-refractivity contribution in [3.05, 3.63) is 36.5 Å². The number of aromatic nitrogens is 7. The second kappa shape index (κ2) is 10.8. The average Bonchev–Trinajstić information content (AvgIpc) is 3.60. The molecule has 2 aliphatic rings.